The lowest BCUT2D eigenvalue weighted by atomic mass is 10.2. The first-order valence-electron chi connectivity index (χ1n) is 7.64. The van der Waals surface area contributed by atoms with E-state index in [1.807, 2.05) is 0 Å². The van der Waals surface area contributed by atoms with E-state index in [0.717, 1.165) is 0 Å². The number of hydrogen-bond donors (Lipinski definition) is 2. The van der Waals surface area contributed by atoms with Gasteiger partial charge in [0, 0.05) is 16.9 Å². The first-order valence-corrected chi connectivity index (χ1v) is 9.88. The van der Waals surface area contributed by atoms with Gasteiger partial charge in [-0.15, -0.1) is 0 Å². The fourth-order valence-corrected chi connectivity index (χ4v) is 3.63. The van der Waals surface area contributed by atoms with Gasteiger partial charge in [0.1, 0.15) is 0 Å². The van der Waals surface area contributed by atoms with E-state index in [4.69, 9.17) is 23.2 Å². The van der Waals surface area contributed by atoms with Crippen LogP contribution >= 0.6 is 23.2 Å². The summed E-state index contributed by atoms with van der Waals surface area (Å²) in [7, 11) is -3.92. The van der Waals surface area contributed by atoms with Crippen molar-refractivity contribution in [2.24, 2.45) is 0 Å². The fourth-order valence-electron chi connectivity index (χ4n) is 2.21. The third-order valence-corrected chi connectivity index (χ3v) is 5.47. The zero-order valence-corrected chi connectivity index (χ0v) is 16.0. The van der Waals surface area contributed by atoms with E-state index in [-0.39, 0.29) is 15.5 Å². The number of nitrogens with zero attached hydrogens (tertiary/aromatic N) is 1. The highest BCUT2D eigenvalue weighted by Crippen LogP contribution is 2.24. The van der Waals surface area contributed by atoms with E-state index in [2.05, 4.69) is 15.0 Å². The summed E-state index contributed by atoms with van der Waals surface area (Å²) in [5, 5.41) is 3.23. The largest absolute Gasteiger partial charge is 0.321 e. The number of benzene rings is 2. The number of carbonyl (C=O) groups is 1. The van der Waals surface area contributed by atoms with Crippen LogP contribution in [0.4, 0.5) is 11.4 Å². The number of carbonyl (C=O) groups excluding carboxylic acids is 1. The van der Waals surface area contributed by atoms with Crippen molar-refractivity contribution < 1.29 is 13.2 Å². The SMILES string of the molecule is O=C(Nc1cccnc1)c1cc(S(=O)(=O)Nc2ccc(Cl)cc2)ccc1Cl. The van der Waals surface area contributed by atoms with Crippen LogP contribution in [0, 0.1) is 0 Å². The second-order valence-electron chi connectivity index (χ2n) is 5.45. The molecule has 0 radical (unpaired) electrons. The summed E-state index contributed by atoms with van der Waals surface area (Å²) >= 11 is 11.9. The van der Waals surface area contributed by atoms with Crippen LogP contribution in [0.25, 0.3) is 0 Å². The average Bonchev–Trinajstić information content (AvgIpc) is 2.64. The Labute approximate surface area is 166 Å². The van der Waals surface area contributed by atoms with Crippen LogP contribution in [0.1, 0.15) is 10.4 Å². The summed E-state index contributed by atoms with van der Waals surface area (Å²) in [5.41, 5.74) is 0.835. The maximum Gasteiger partial charge on any atom is 0.261 e. The van der Waals surface area contributed by atoms with Crippen LogP contribution < -0.4 is 10.0 Å². The van der Waals surface area contributed by atoms with Gasteiger partial charge >= 0.3 is 0 Å². The Hall–Kier alpha value is -2.61. The van der Waals surface area contributed by atoms with E-state index in [0.29, 0.717) is 16.4 Å². The van der Waals surface area contributed by atoms with Gasteiger partial charge in [0.2, 0.25) is 0 Å². The van der Waals surface area contributed by atoms with Crippen molar-refractivity contribution in [2.45, 2.75) is 4.90 Å². The third-order valence-electron chi connectivity index (χ3n) is 3.51. The number of pyridine rings is 1. The molecule has 0 aliphatic carbocycles. The Kier molecular flexibility index (Phi) is 5.65. The second kappa shape index (κ2) is 7.96. The van der Waals surface area contributed by atoms with Crippen molar-refractivity contribution >= 4 is 50.5 Å². The summed E-state index contributed by atoms with van der Waals surface area (Å²) < 4.78 is 27.6. The van der Waals surface area contributed by atoms with Crippen LogP contribution in [0.2, 0.25) is 10.0 Å². The van der Waals surface area contributed by atoms with Gasteiger partial charge in [-0.2, -0.15) is 0 Å². The lowest BCUT2D eigenvalue weighted by molar-refractivity contribution is 0.102. The van der Waals surface area contributed by atoms with E-state index < -0.39 is 15.9 Å². The van der Waals surface area contributed by atoms with Gasteiger partial charge in [-0.3, -0.25) is 14.5 Å². The van der Waals surface area contributed by atoms with E-state index in [1.54, 1.807) is 30.5 Å². The summed E-state index contributed by atoms with van der Waals surface area (Å²) in [5.74, 6) is -0.545. The van der Waals surface area contributed by atoms with Crippen LogP contribution in [0.3, 0.4) is 0 Å². The number of nitrogens with one attached hydrogen (secondary N) is 2. The van der Waals surface area contributed by atoms with Gasteiger partial charge in [-0.05, 0) is 54.6 Å². The highest BCUT2D eigenvalue weighted by atomic mass is 35.5. The topological polar surface area (TPSA) is 88.2 Å². The van der Waals surface area contributed by atoms with Crippen molar-refractivity contribution in [3.63, 3.8) is 0 Å². The number of amides is 1. The summed E-state index contributed by atoms with van der Waals surface area (Å²) in [6, 6.07) is 13.4. The van der Waals surface area contributed by atoms with Gasteiger partial charge in [0.15, 0.2) is 0 Å². The van der Waals surface area contributed by atoms with Crippen LogP contribution in [-0.4, -0.2) is 19.3 Å². The molecular weight excluding hydrogens is 409 g/mol. The number of sulfonamides is 1. The summed E-state index contributed by atoms with van der Waals surface area (Å²) in [6.07, 6.45) is 3.03. The molecule has 9 heteroatoms. The maximum atomic E-state index is 12.6. The van der Waals surface area contributed by atoms with Gasteiger partial charge < -0.3 is 5.32 Å². The average molecular weight is 422 g/mol. The molecule has 0 saturated carbocycles. The predicted molar refractivity (Wildman–Crippen MR) is 106 cm³/mol. The van der Waals surface area contributed by atoms with E-state index in [1.165, 1.54) is 36.5 Å². The highest BCUT2D eigenvalue weighted by molar-refractivity contribution is 7.92. The van der Waals surface area contributed by atoms with Crippen molar-refractivity contribution in [3.05, 3.63) is 82.6 Å². The highest BCUT2D eigenvalue weighted by Gasteiger charge is 2.19. The Bertz CT molecular complexity index is 1070. The molecule has 0 saturated heterocycles. The zero-order chi connectivity index (χ0) is 19.4. The number of hydrogen-bond acceptors (Lipinski definition) is 4. The first-order chi connectivity index (χ1) is 12.8. The van der Waals surface area contributed by atoms with Gasteiger partial charge in [-0.1, -0.05) is 23.2 Å². The minimum Gasteiger partial charge on any atom is -0.321 e. The maximum absolute atomic E-state index is 12.6. The van der Waals surface area contributed by atoms with Crippen molar-refractivity contribution in [1.29, 1.82) is 0 Å². The number of halogens is 2. The second-order valence-corrected chi connectivity index (χ2v) is 7.98. The molecule has 0 atom stereocenters. The van der Waals surface area contributed by atoms with E-state index in [9.17, 15) is 13.2 Å². The molecule has 0 aliphatic rings. The van der Waals surface area contributed by atoms with Crippen LogP contribution in [-0.2, 0) is 10.0 Å². The van der Waals surface area contributed by atoms with Crippen LogP contribution in [0.15, 0.2) is 71.9 Å². The summed E-state index contributed by atoms with van der Waals surface area (Å²) in [4.78, 5) is 16.3. The molecule has 2 aromatic carbocycles. The molecule has 3 aromatic rings. The Morgan fingerprint density at radius 2 is 1.70 bits per heavy atom. The molecule has 1 heterocycles. The van der Waals surface area contributed by atoms with Crippen molar-refractivity contribution in [1.82, 2.24) is 4.98 Å². The quantitative estimate of drug-likeness (QED) is 0.636. The minimum absolute atomic E-state index is 0.0273. The lowest BCUT2D eigenvalue weighted by Crippen LogP contribution is -2.16. The lowest BCUT2D eigenvalue weighted by Gasteiger charge is -2.11. The predicted octanol–water partition coefficient (Wildman–Crippen LogP) is 4.44. The molecule has 0 fully saturated rings. The monoisotopic (exact) mass is 421 g/mol. The molecule has 0 aliphatic heterocycles. The van der Waals surface area contributed by atoms with Gasteiger partial charge in [0.05, 0.1) is 27.4 Å². The standard InChI is InChI=1S/C18H13Cl2N3O3S/c19-12-3-5-13(6-4-12)23-27(25,26)15-7-8-17(20)16(10-15)18(24)22-14-2-1-9-21-11-14/h1-11,23H,(H,22,24). The van der Waals surface area contributed by atoms with E-state index >= 15 is 0 Å². The minimum atomic E-state index is -3.92. The smallest absolute Gasteiger partial charge is 0.261 e. The molecule has 1 aromatic heterocycles. The number of aromatic nitrogens is 1. The molecule has 1 amide bonds. The normalized spacial score (nSPS) is 11.0. The Morgan fingerprint density at radius 1 is 0.963 bits per heavy atom. The molecule has 6 nitrogen and oxygen atoms in total. The molecule has 0 spiro atoms. The number of rotatable bonds is 5. The molecule has 2 N–H and O–H groups in total. The Balaban J connectivity index is 1.87. The Morgan fingerprint density at radius 3 is 2.37 bits per heavy atom. The third kappa shape index (κ3) is 4.77. The molecule has 138 valence electrons. The molecule has 0 bridgehead atoms. The first kappa shape index (κ1) is 19.2. The zero-order valence-electron chi connectivity index (χ0n) is 13.7. The molecule has 27 heavy (non-hydrogen) atoms. The summed E-state index contributed by atoms with van der Waals surface area (Å²) in [6.45, 7) is 0. The molecule has 3 rings (SSSR count). The molecular formula is C18H13Cl2N3O3S. The molecule has 0 unspecified atom stereocenters. The van der Waals surface area contributed by atoms with Crippen molar-refractivity contribution in [2.75, 3.05) is 10.0 Å². The van der Waals surface area contributed by atoms with Gasteiger partial charge in [0.25, 0.3) is 15.9 Å². The van der Waals surface area contributed by atoms with Gasteiger partial charge in [-0.25, -0.2) is 8.42 Å². The number of anilines is 2. The van der Waals surface area contributed by atoms with Crippen LogP contribution in [0.5, 0.6) is 0 Å². The fraction of sp³-hybridized carbons (Fsp3) is 0. The van der Waals surface area contributed by atoms with Crippen molar-refractivity contribution in [3.8, 4) is 0 Å².